The number of carbonyl (C=O) groups excluding carboxylic acids is 1. The summed E-state index contributed by atoms with van der Waals surface area (Å²) in [7, 11) is -0.974. The van der Waals surface area contributed by atoms with E-state index in [1.165, 1.54) is 11.1 Å². The van der Waals surface area contributed by atoms with Crippen molar-refractivity contribution in [3.63, 3.8) is 0 Å². The Balaban J connectivity index is 1.71. The molecule has 2 aliphatic heterocycles. The lowest BCUT2D eigenvalue weighted by Crippen LogP contribution is -2.47. The lowest BCUT2D eigenvalue weighted by atomic mass is 9.94. The van der Waals surface area contributed by atoms with E-state index in [-0.39, 0.29) is 32.7 Å². The van der Waals surface area contributed by atoms with E-state index in [1.54, 1.807) is 4.90 Å². The fraction of sp³-hybridized carbons (Fsp3) is 0.769. The van der Waals surface area contributed by atoms with E-state index in [2.05, 4.69) is 8.75 Å². The number of alkyl halides is 3. The Kier molecular flexibility index (Phi) is 5.21. The average molecular weight is 382 g/mol. The molecule has 3 heterocycles. The smallest absolute Gasteiger partial charge is 0.341 e. The first-order valence-corrected chi connectivity index (χ1v) is 9.75. The average Bonchev–Trinajstić information content (AvgIpc) is 3.17. The number of aromatic nitrogens is 2. The predicted molar refractivity (Wildman–Crippen MR) is 82.7 cm³/mol. The fourth-order valence-electron chi connectivity index (χ4n) is 3.17. The van der Waals surface area contributed by atoms with Gasteiger partial charge in [-0.05, 0) is 0 Å². The maximum atomic E-state index is 13.4. The molecule has 0 spiro atoms. The second kappa shape index (κ2) is 7.04. The molecule has 0 bridgehead atoms. The van der Waals surface area contributed by atoms with Gasteiger partial charge in [0, 0.05) is 55.0 Å². The van der Waals surface area contributed by atoms with Crippen molar-refractivity contribution in [2.75, 3.05) is 37.7 Å². The Hall–Kier alpha value is -1.07. The zero-order valence-electron chi connectivity index (χ0n) is 12.7. The standard InChI is InChI=1S/C13H17F3N4O2S2/c14-13(15,16)11-8-19(6-9-5-17-23-18-9)7-10(11)12(21)20-1-3-24(22)4-2-20/h5,10-11H,1-4,6-8H2/t10-,11-/m1/s1. The van der Waals surface area contributed by atoms with Gasteiger partial charge in [0.15, 0.2) is 0 Å². The Bertz CT molecular complexity index is 601. The summed E-state index contributed by atoms with van der Waals surface area (Å²) < 4.78 is 59.4. The van der Waals surface area contributed by atoms with Crippen LogP contribution in [0, 0.1) is 11.8 Å². The minimum atomic E-state index is -4.42. The van der Waals surface area contributed by atoms with Crippen LogP contribution in [0.15, 0.2) is 6.20 Å². The molecule has 11 heteroatoms. The van der Waals surface area contributed by atoms with E-state index in [1.807, 2.05) is 0 Å². The third-order valence-electron chi connectivity index (χ3n) is 4.42. The van der Waals surface area contributed by atoms with Gasteiger partial charge in [0.05, 0.1) is 35.5 Å². The summed E-state index contributed by atoms with van der Waals surface area (Å²) in [4.78, 5) is 15.6. The van der Waals surface area contributed by atoms with Gasteiger partial charge >= 0.3 is 6.18 Å². The molecule has 2 saturated heterocycles. The van der Waals surface area contributed by atoms with Gasteiger partial charge in [0.2, 0.25) is 5.91 Å². The quantitative estimate of drug-likeness (QED) is 0.772. The van der Waals surface area contributed by atoms with Crippen molar-refractivity contribution < 1.29 is 22.2 Å². The number of carbonyl (C=O) groups is 1. The van der Waals surface area contributed by atoms with Crippen molar-refractivity contribution in [1.82, 2.24) is 18.5 Å². The first-order valence-electron chi connectivity index (χ1n) is 7.54. The van der Waals surface area contributed by atoms with E-state index in [0.29, 0.717) is 17.2 Å². The first kappa shape index (κ1) is 17.7. The number of hydrogen-bond acceptors (Lipinski definition) is 6. The molecular weight excluding hydrogens is 365 g/mol. The van der Waals surface area contributed by atoms with E-state index in [9.17, 15) is 22.2 Å². The molecule has 3 rings (SSSR count). The number of likely N-dealkylation sites (tertiary alicyclic amines) is 1. The van der Waals surface area contributed by atoms with Crippen LogP contribution >= 0.6 is 11.7 Å². The molecule has 2 fully saturated rings. The molecule has 24 heavy (non-hydrogen) atoms. The van der Waals surface area contributed by atoms with Crippen LogP contribution in [-0.4, -0.2) is 72.5 Å². The van der Waals surface area contributed by atoms with Crippen molar-refractivity contribution >= 4 is 28.4 Å². The number of nitrogens with zero attached hydrogens (tertiary/aromatic N) is 4. The number of hydrogen-bond donors (Lipinski definition) is 0. The zero-order chi connectivity index (χ0) is 17.3. The minimum Gasteiger partial charge on any atom is -0.341 e. The van der Waals surface area contributed by atoms with E-state index in [0.717, 1.165) is 11.7 Å². The molecule has 1 aromatic heterocycles. The van der Waals surface area contributed by atoms with Crippen LogP contribution < -0.4 is 0 Å². The Morgan fingerprint density at radius 1 is 1.33 bits per heavy atom. The van der Waals surface area contributed by atoms with Gasteiger partial charge < -0.3 is 4.90 Å². The molecule has 0 unspecified atom stereocenters. The highest BCUT2D eigenvalue weighted by Crippen LogP contribution is 2.39. The van der Waals surface area contributed by atoms with Crippen molar-refractivity contribution in [2.24, 2.45) is 11.8 Å². The molecular formula is C13H17F3N4O2S2. The topological polar surface area (TPSA) is 66.4 Å². The van der Waals surface area contributed by atoms with Crippen LogP contribution in [0.2, 0.25) is 0 Å². The fourth-order valence-corrected chi connectivity index (χ4v) is 4.65. The Morgan fingerprint density at radius 3 is 2.62 bits per heavy atom. The largest absolute Gasteiger partial charge is 0.393 e. The molecule has 6 nitrogen and oxygen atoms in total. The summed E-state index contributed by atoms with van der Waals surface area (Å²) in [5, 5.41) is 0. The van der Waals surface area contributed by atoms with Crippen LogP contribution in [0.1, 0.15) is 5.69 Å². The van der Waals surface area contributed by atoms with Crippen LogP contribution in [0.25, 0.3) is 0 Å². The molecule has 0 saturated carbocycles. The zero-order valence-corrected chi connectivity index (χ0v) is 14.4. The van der Waals surface area contributed by atoms with Gasteiger partial charge in [0.25, 0.3) is 0 Å². The highest BCUT2D eigenvalue weighted by Gasteiger charge is 2.53. The first-order chi connectivity index (χ1) is 11.3. The molecule has 2 aliphatic rings. The van der Waals surface area contributed by atoms with Crippen LogP contribution in [0.4, 0.5) is 13.2 Å². The van der Waals surface area contributed by atoms with Gasteiger partial charge in [-0.2, -0.15) is 21.9 Å². The van der Waals surface area contributed by atoms with Crippen LogP contribution in [0.5, 0.6) is 0 Å². The monoisotopic (exact) mass is 382 g/mol. The maximum Gasteiger partial charge on any atom is 0.393 e. The van der Waals surface area contributed by atoms with Crippen LogP contribution in [0.3, 0.4) is 0 Å². The maximum absolute atomic E-state index is 13.4. The molecule has 0 N–H and O–H groups in total. The SMILES string of the molecule is O=C([C@@H]1CN(Cc2cnsn2)C[C@H]1C(F)(F)F)N1CCS(=O)CC1. The Labute approximate surface area is 143 Å². The van der Waals surface area contributed by atoms with Gasteiger partial charge in [-0.3, -0.25) is 13.9 Å². The van der Waals surface area contributed by atoms with Crippen molar-refractivity contribution in [3.05, 3.63) is 11.9 Å². The molecule has 134 valence electrons. The summed E-state index contributed by atoms with van der Waals surface area (Å²) >= 11 is 1.01. The van der Waals surface area contributed by atoms with E-state index >= 15 is 0 Å². The number of rotatable bonds is 3. The summed E-state index contributed by atoms with van der Waals surface area (Å²) in [6, 6.07) is 0. The molecule has 0 aromatic carbocycles. The third-order valence-corrected chi connectivity index (χ3v) is 6.21. The molecule has 1 amide bonds. The second-order valence-corrected chi connectivity index (χ2v) is 8.27. The summed E-state index contributed by atoms with van der Waals surface area (Å²) in [6.45, 7) is 0.638. The second-order valence-electron chi connectivity index (χ2n) is 6.02. The van der Waals surface area contributed by atoms with Crippen molar-refractivity contribution in [1.29, 1.82) is 0 Å². The minimum absolute atomic E-state index is 0.0557. The Morgan fingerprint density at radius 2 is 2.04 bits per heavy atom. The van der Waals surface area contributed by atoms with Crippen LogP contribution in [-0.2, 0) is 22.1 Å². The lowest BCUT2D eigenvalue weighted by Gasteiger charge is -2.31. The lowest BCUT2D eigenvalue weighted by molar-refractivity contribution is -0.186. The number of amides is 1. The van der Waals surface area contributed by atoms with Crippen molar-refractivity contribution in [3.8, 4) is 0 Å². The molecule has 1 aromatic rings. The predicted octanol–water partition coefficient (Wildman–Crippen LogP) is 0.739. The van der Waals surface area contributed by atoms with E-state index < -0.39 is 34.7 Å². The van der Waals surface area contributed by atoms with Gasteiger partial charge in [0.1, 0.15) is 0 Å². The van der Waals surface area contributed by atoms with Gasteiger partial charge in [-0.15, -0.1) is 0 Å². The van der Waals surface area contributed by atoms with Crippen molar-refractivity contribution in [2.45, 2.75) is 12.7 Å². The highest BCUT2D eigenvalue weighted by molar-refractivity contribution is 7.85. The molecule has 0 aliphatic carbocycles. The van der Waals surface area contributed by atoms with Gasteiger partial charge in [-0.25, -0.2) is 0 Å². The van der Waals surface area contributed by atoms with Gasteiger partial charge in [-0.1, -0.05) is 0 Å². The third kappa shape index (κ3) is 3.94. The molecule has 2 atom stereocenters. The highest BCUT2D eigenvalue weighted by atomic mass is 32.2. The number of halogens is 3. The molecule has 0 radical (unpaired) electrons. The van der Waals surface area contributed by atoms with E-state index in [4.69, 9.17) is 0 Å². The summed E-state index contributed by atoms with van der Waals surface area (Å²) in [5.74, 6) is -2.59. The summed E-state index contributed by atoms with van der Waals surface area (Å²) in [5.41, 5.74) is 0.613. The normalized spacial score (nSPS) is 26.9. The summed E-state index contributed by atoms with van der Waals surface area (Å²) in [6.07, 6.45) is -2.89.